The summed E-state index contributed by atoms with van der Waals surface area (Å²) in [5.41, 5.74) is 5.58. The zero-order chi connectivity index (χ0) is 13.0. The third-order valence-corrected chi connectivity index (χ3v) is 3.91. The van der Waals surface area contributed by atoms with Crippen LogP contribution in [0, 0.1) is 6.92 Å². The minimum Gasteiger partial charge on any atom is -0.175 e. The van der Waals surface area contributed by atoms with E-state index in [4.69, 9.17) is 0 Å². The van der Waals surface area contributed by atoms with E-state index >= 15 is 0 Å². The van der Waals surface area contributed by atoms with E-state index in [2.05, 4.69) is 75.0 Å². The summed E-state index contributed by atoms with van der Waals surface area (Å²) in [6.45, 7) is 4.45. The highest BCUT2D eigenvalue weighted by atomic mass is 32.1. The van der Waals surface area contributed by atoms with Crippen LogP contribution >= 0.6 is 12.6 Å². The third-order valence-electron chi connectivity index (χ3n) is 3.57. The highest BCUT2D eigenvalue weighted by Crippen LogP contribution is 2.32. The van der Waals surface area contributed by atoms with E-state index in [0.29, 0.717) is 5.92 Å². The van der Waals surface area contributed by atoms with Crippen molar-refractivity contribution >= 4 is 12.6 Å². The van der Waals surface area contributed by atoms with Crippen molar-refractivity contribution in [3.63, 3.8) is 0 Å². The molecule has 94 valence electrons. The van der Waals surface area contributed by atoms with E-state index < -0.39 is 0 Å². The second-order valence-corrected chi connectivity index (χ2v) is 4.99. The van der Waals surface area contributed by atoms with Crippen molar-refractivity contribution in [2.24, 2.45) is 0 Å². The lowest BCUT2D eigenvalue weighted by Crippen LogP contribution is -2.04. The summed E-state index contributed by atoms with van der Waals surface area (Å²) in [4.78, 5) is 0. The topological polar surface area (TPSA) is 0 Å². The van der Waals surface area contributed by atoms with Crippen molar-refractivity contribution in [3.8, 4) is 0 Å². The van der Waals surface area contributed by atoms with E-state index in [1.807, 2.05) is 0 Å². The first-order valence-corrected chi connectivity index (χ1v) is 7.15. The van der Waals surface area contributed by atoms with Crippen LogP contribution in [0.2, 0.25) is 0 Å². The lowest BCUT2D eigenvalue weighted by Gasteiger charge is -2.21. The Kier molecular flexibility index (Phi) is 4.48. The second-order valence-electron chi connectivity index (χ2n) is 4.67. The predicted molar refractivity (Wildman–Crippen MR) is 82.4 cm³/mol. The van der Waals surface area contributed by atoms with Gasteiger partial charge in [0.1, 0.15) is 0 Å². The van der Waals surface area contributed by atoms with Crippen molar-refractivity contribution in [1.82, 2.24) is 0 Å². The molecule has 1 atom stereocenters. The molecular weight excluding hydrogens is 236 g/mol. The van der Waals surface area contributed by atoms with Crippen LogP contribution in [-0.2, 0) is 5.75 Å². The van der Waals surface area contributed by atoms with Crippen LogP contribution in [0.15, 0.2) is 48.5 Å². The molecule has 2 aromatic carbocycles. The van der Waals surface area contributed by atoms with Gasteiger partial charge in [-0.3, -0.25) is 0 Å². The largest absolute Gasteiger partial charge is 0.175 e. The Hall–Kier alpha value is -1.21. The van der Waals surface area contributed by atoms with E-state index in [9.17, 15) is 0 Å². The normalized spacial score (nSPS) is 12.4. The van der Waals surface area contributed by atoms with Crippen molar-refractivity contribution in [3.05, 3.63) is 70.8 Å². The fourth-order valence-electron chi connectivity index (χ4n) is 2.60. The molecule has 0 aliphatic heterocycles. The molecule has 0 aromatic heterocycles. The summed E-state index contributed by atoms with van der Waals surface area (Å²) in [6, 6.07) is 17.3. The van der Waals surface area contributed by atoms with Gasteiger partial charge in [-0.1, -0.05) is 55.5 Å². The molecule has 0 bridgehead atoms. The highest BCUT2D eigenvalue weighted by molar-refractivity contribution is 7.79. The maximum atomic E-state index is 4.45. The van der Waals surface area contributed by atoms with Gasteiger partial charge in [-0.15, -0.1) is 0 Å². The molecule has 0 N–H and O–H groups in total. The average molecular weight is 256 g/mol. The first kappa shape index (κ1) is 13.2. The summed E-state index contributed by atoms with van der Waals surface area (Å²) >= 11 is 4.45. The molecule has 0 radical (unpaired) electrons. The number of rotatable bonds is 4. The lowest BCUT2D eigenvalue weighted by molar-refractivity contribution is 0.765. The Morgan fingerprint density at radius 3 is 2.17 bits per heavy atom. The Morgan fingerprint density at radius 2 is 1.56 bits per heavy atom. The van der Waals surface area contributed by atoms with Crippen molar-refractivity contribution in [2.45, 2.75) is 31.9 Å². The Labute approximate surface area is 115 Å². The van der Waals surface area contributed by atoms with Crippen LogP contribution in [0.3, 0.4) is 0 Å². The van der Waals surface area contributed by atoms with Crippen molar-refractivity contribution in [1.29, 1.82) is 0 Å². The van der Waals surface area contributed by atoms with Gasteiger partial charge >= 0.3 is 0 Å². The number of thiol groups is 1. The standard InChI is InChI=1S/C17H20S/c1-3-15(16-10-6-4-8-13(16)2)17-11-7-5-9-14(17)12-18/h4-11,15,18H,3,12H2,1-2H3. The molecule has 0 saturated carbocycles. The van der Waals surface area contributed by atoms with E-state index in [-0.39, 0.29) is 0 Å². The fraction of sp³-hybridized carbons (Fsp3) is 0.294. The SMILES string of the molecule is CCC(c1ccccc1C)c1ccccc1CS. The van der Waals surface area contributed by atoms with Gasteiger partial charge in [0.15, 0.2) is 0 Å². The van der Waals surface area contributed by atoms with Gasteiger partial charge in [0.05, 0.1) is 0 Å². The first-order valence-electron chi connectivity index (χ1n) is 6.52. The van der Waals surface area contributed by atoms with Crippen LogP contribution in [0.5, 0.6) is 0 Å². The molecule has 0 aliphatic rings. The minimum absolute atomic E-state index is 0.481. The first-order chi connectivity index (χ1) is 8.77. The highest BCUT2D eigenvalue weighted by Gasteiger charge is 2.16. The van der Waals surface area contributed by atoms with Crippen LogP contribution < -0.4 is 0 Å². The summed E-state index contributed by atoms with van der Waals surface area (Å²) < 4.78 is 0. The average Bonchev–Trinajstić information content (AvgIpc) is 2.42. The number of aryl methyl sites for hydroxylation is 1. The zero-order valence-corrected chi connectivity index (χ0v) is 12.0. The summed E-state index contributed by atoms with van der Waals surface area (Å²) in [5, 5.41) is 0. The molecule has 0 heterocycles. The molecule has 2 aromatic rings. The summed E-state index contributed by atoms with van der Waals surface area (Å²) in [6.07, 6.45) is 1.12. The molecule has 0 fully saturated rings. The summed E-state index contributed by atoms with van der Waals surface area (Å²) in [5.74, 6) is 1.29. The van der Waals surface area contributed by atoms with Gasteiger partial charge in [-0.05, 0) is 35.6 Å². The number of benzene rings is 2. The zero-order valence-electron chi connectivity index (χ0n) is 11.1. The number of hydrogen-bond donors (Lipinski definition) is 1. The van der Waals surface area contributed by atoms with Gasteiger partial charge in [-0.2, -0.15) is 12.6 Å². The van der Waals surface area contributed by atoms with Crippen LogP contribution in [-0.4, -0.2) is 0 Å². The molecule has 0 amide bonds. The minimum atomic E-state index is 0.481. The second kappa shape index (κ2) is 6.10. The Morgan fingerprint density at radius 1 is 0.944 bits per heavy atom. The molecular formula is C17H20S. The van der Waals surface area contributed by atoms with E-state index in [1.54, 1.807) is 0 Å². The fourth-order valence-corrected chi connectivity index (χ4v) is 2.89. The number of hydrogen-bond acceptors (Lipinski definition) is 1. The van der Waals surface area contributed by atoms with Gasteiger partial charge in [0.25, 0.3) is 0 Å². The van der Waals surface area contributed by atoms with Crippen molar-refractivity contribution < 1.29 is 0 Å². The Balaban J connectivity index is 2.49. The maximum Gasteiger partial charge on any atom is 0.0157 e. The van der Waals surface area contributed by atoms with Gasteiger partial charge in [0.2, 0.25) is 0 Å². The molecule has 1 heteroatoms. The quantitative estimate of drug-likeness (QED) is 0.734. The predicted octanol–water partition coefficient (Wildman–Crippen LogP) is 4.97. The monoisotopic (exact) mass is 256 g/mol. The van der Waals surface area contributed by atoms with Crippen molar-refractivity contribution in [2.75, 3.05) is 0 Å². The van der Waals surface area contributed by atoms with E-state index in [0.717, 1.165) is 12.2 Å². The summed E-state index contributed by atoms with van der Waals surface area (Å²) in [7, 11) is 0. The van der Waals surface area contributed by atoms with Crippen LogP contribution in [0.4, 0.5) is 0 Å². The smallest absolute Gasteiger partial charge is 0.0157 e. The van der Waals surface area contributed by atoms with Crippen LogP contribution in [0.1, 0.15) is 41.5 Å². The Bertz CT molecular complexity index is 517. The molecule has 18 heavy (non-hydrogen) atoms. The molecule has 0 aliphatic carbocycles. The van der Waals surface area contributed by atoms with Gasteiger partial charge in [-0.25, -0.2) is 0 Å². The van der Waals surface area contributed by atoms with Gasteiger partial charge in [0, 0.05) is 11.7 Å². The van der Waals surface area contributed by atoms with Crippen LogP contribution in [0.25, 0.3) is 0 Å². The molecule has 1 unspecified atom stereocenters. The molecule has 2 rings (SSSR count). The lowest BCUT2D eigenvalue weighted by atomic mass is 9.84. The maximum absolute atomic E-state index is 4.45. The van der Waals surface area contributed by atoms with Gasteiger partial charge < -0.3 is 0 Å². The molecule has 0 nitrogen and oxygen atoms in total. The molecule has 0 spiro atoms. The van der Waals surface area contributed by atoms with E-state index in [1.165, 1.54) is 22.3 Å². The third kappa shape index (κ3) is 2.62. The molecule has 0 saturated heterocycles.